The maximum absolute atomic E-state index is 14.6. The molecule has 9 heteroatoms. The van der Waals surface area contributed by atoms with Crippen molar-refractivity contribution in [2.75, 3.05) is 12.4 Å². The van der Waals surface area contributed by atoms with E-state index >= 15 is 0 Å². The Kier molecular flexibility index (Phi) is 7.60. The van der Waals surface area contributed by atoms with Crippen LogP contribution >= 0.6 is 0 Å². The average molecular weight is 571 g/mol. The van der Waals surface area contributed by atoms with Crippen molar-refractivity contribution in [2.24, 2.45) is 5.92 Å². The summed E-state index contributed by atoms with van der Waals surface area (Å²) in [7, 11) is 1.52. The summed E-state index contributed by atoms with van der Waals surface area (Å²) in [4.78, 5) is 43.3. The van der Waals surface area contributed by atoms with Gasteiger partial charge in [0.25, 0.3) is 0 Å². The van der Waals surface area contributed by atoms with E-state index in [0.717, 1.165) is 0 Å². The molecule has 2 N–H and O–H groups in total. The number of aryl methyl sites for hydroxylation is 2. The van der Waals surface area contributed by atoms with Crippen molar-refractivity contribution in [3.8, 4) is 5.75 Å². The summed E-state index contributed by atoms with van der Waals surface area (Å²) in [5.41, 5.74) is -0.232. The molecular formula is C33H31FN2O6. The Labute approximate surface area is 242 Å². The van der Waals surface area contributed by atoms with Gasteiger partial charge in [-0.1, -0.05) is 42.5 Å². The third-order valence-corrected chi connectivity index (χ3v) is 8.06. The number of amides is 2. The van der Waals surface area contributed by atoms with Crippen LogP contribution in [0.5, 0.6) is 5.75 Å². The molecular weight excluding hydrogens is 539 g/mol. The van der Waals surface area contributed by atoms with E-state index < -0.39 is 41.2 Å². The van der Waals surface area contributed by atoms with Gasteiger partial charge < -0.3 is 19.6 Å². The molecule has 1 aliphatic heterocycles. The summed E-state index contributed by atoms with van der Waals surface area (Å²) in [6, 6.07) is 20.7. The fourth-order valence-electron chi connectivity index (χ4n) is 6.12. The normalized spacial score (nSPS) is 21.6. The highest BCUT2D eigenvalue weighted by atomic mass is 19.1. The predicted octanol–water partition coefficient (Wildman–Crippen LogP) is 6.76. The van der Waals surface area contributed by atoms with Gasteiger partial charge in [0.1, 0.15) is 28.6 Å². The molecule has 42 heavy (non-hydrogen) atoms. The molecule has 3 aromatic carbocycles. The Morgan fingerprint density at radius 1 is 0.952 bits per heavy atom. The third kappa shape index (κ3) is 4.91. The fraction of sp³-hybridized carbons (Fsp3) is 0.242. The number of ketones is 1. The van der Waals surface area contributed by atoms with Gasteiger partial charge in [0.2, 0.25) is 0 Å². The van der Waals surface area contributed by atoms with Gasteiger partial charge in [-0.15, -0.1) is 0 Å². The Morgan fingerprint density at radius 2 is 1.57 bits per heavy atom. The summed E-state index contributed by atoms with van der Waals surface area (Å²) in [5.74, 6) is -2.83. The highest BCUT2D eigenvalue weighted by Gasteiger charge is 2.65. The molecule has 8 nitrogen and oxygen atoms in total. The van der Waals surface area contributed by atoms with E-state index in [1.165, 1.54) is 43.2 Å². The van der Waals surface area contributed by atoms with Crippen molar-refractivity contribution in [1.29, 1.82) is 0 Å². The summed E-state index contributed by atoms with van der Waals surface area (Å²) in [6.07, 6.45) is 0. The van der Waals surface area contributed by atoms with E-state index in [4.69, 9.17) is 9.15 Å². The van der Waals surface area contributed by atoms with Crippen LogP contribution in [0.25, 0.3) is 0 Å². The van der Waals surface area contributed by atoms with Crippen LogP contribution in [-0.2, 0) is 4.79 Å². The molecule has 1 aromatic heterocycles. The number of para-hydroxylation sites is 1. The molecule has 0 bridgehead atoms. The lowest BCUT2D eigenvalue weighted by atomic mass is 9.71. The first-order valence-corrected chi connectivity index (χ1v) is 13.5. The third-order valence-electron chi connectivity index (χ3n) is 8.06. The smallest absolute Gasteiger partial charge is 0.330 e. The standard InChI is InChI=1S/C33H31FN2O6/c1-19-18-26(20(2)42-19)30(37)27-28(21-12-16-25(41-4)17-13-21)33(3,31(38)39)36(29(27)22-10-14-23(34)15-11-22)32(40)35-24-8-6-5-7-9-24/h5-18,27-29H,1-4H3,(H,35,40)(H,38,39). The van der Waals surface area contributed by atoms with Gasteiger partial charge in [0.05, 0.1) is 24.6 Å². The lowest BCUT2D eigenvalue weighted by Crippen LogP contribution is -2.55. The number of aliphatic carboxylic acids is 1. The number of nitrogens with one attached hydrogen (secondary N) is 1. The molecule has 0 radical (unpaired) electrons. The van der Waals surface area contributed by atoms with Crippen LogP contribution in [0.4, 0.5) is 14.9 Å². The first kappa shape index (κ1) is 28.6. The molecule has 5 rings (SSSR count). The van der Waals surface area contributed by atoms with Crippen molar-refractivity contribution < 1.29 is 33.0 Å². The zero-order valence-corrected chi connectivity index (χ0v) is 23.6. The maximum atomic E-state index is 14.6. The van der Waals surface area contributed by atoms with E-state index in [2.05, 4.69) is 5.32 Å². The largest absolute Gasteiger partial charge is 0.497 e. The van der Waals surface area contributed by atoms with Gasteiger partial charge >= 0.3 is 12.0 Å². The van der Waals surface area contributed by atoms with Crippen molar-refractivity contribution >= 4 is 23.5 Å². The number of carboxylic acids is 1. The zero-order chi connectivity index (χ0) is 30.2. The monoisotopic (exact) mass is 570 g/mol. The predicted molar refractivity (Wildman–Crippen MR) is 154 cm³/mol. The van der Waals surface area contributed by atoms with E-state index in [-0.39, 0.29) is 5.78 Å². The highest BCUT2D eigenvalue weighted by molar-refractivity contribution is 6.04. The van der Waals surface area contributed by atoms with Gasteiger partial charge in [-0.25, -0.2) is 14.0 Å². The minimum Gasteiger partial charge on any atom is -0.497 e. The van der Waals surface area contributed by atoms with Gasteiger partial charge in [-0.3, -0.25) is 9.69 Å². The number of carbonyl (C=O) groups is 3. The van der Waals surface area contributed by atoms with Crippen LogP contribution in [0.2, 0.25) is 0 Å². The van der Waals surface area contributed by atoms with E-state index in [1.807, 2.05) is 0 Å². The number of benzene rings is 3. The van der Waals surface area contributed by atoms with E-state index in [0.29, 0.717) is 39.6 Å². The van der Waals surface area contributed by atoms with E-state index in [1.54, 1.807) is 74.5 Å². The number of halogens is 1. The van der Waals surface area contributed by atoms with Crippen LogP contribution in [0.1, 0.15) is 51.9 Å². The number of likely N-dealkylation sites (tertiary alicyclic amines) is 1. The van der Waals surface area contributed by atoms with Crippen molar-refractivity contribution in [2.45, 2.75) is 38.3 Å². The summed E-state index contributed by atoms with van der Waals surface area (Å²) < 4.78 is 25.1. The molecule has 216 valence electrons. The molecule has 1 aliphatic rings. The second-order valence-electron chi connectivity index (χ2n) is 10.6. The first-order chi connectivity index (χ1) is 20.1. The van der Waals surface area contributed by atoms with E-state index in [9.17, 15) is 23.9 Å². The Bertz CT molecular complexity index is 1620. The molecule has 4 atom stereocenters. The van der Waals surface area contributed by atoms with Crippen LogP contribution in [0.15, 0.2) is 89.3 Å². The number of furan rings is 1. The van der Waals surface area contributed by atoms with Gasteiger partial charge in [0, 0.05) is 11.6 Å². The number of carboxylic acid groups (broad SMARTS) is 1. The molecule has 4 unspecified atom stereocenters. The van der Waals surface area contributed by atoms with Crippen molar-refractivity contribution in [1.82, 2.24) is 4.90 Å². The number of Topliss-reactive ketones (excluding diaryl/α,β-unsaturated/α-hetero) is 1. The number of methoxy groups -OCH3 is 1. The number of nitrogens with zero attached hydrogens (tertiary/aromatic N) is 1. The number of carbonyl (C=O) groups excluding carboxylic acids is 2. The van der Waals surface area contributed by atoms with Gasteiger partial charge in [0.15, 0.2) is 5.78 Å². The molecule has 0 aliphatic carbocycles. The summed E-state index contributed by atoms with van der Waals surface area (Å²) >= 11 is 0. The van der Waals surface area contributed by atoms with Crippen molar-refractivity contribution in [3.63, 3.8) is 0 Å². The SMILES string of the molecule is COc1ccc(C2C(C(=O)c3cc(C)oc3C)C(c3ccc(F)cc3)N(C(=O)Nc3ccccc3)C2(C)C(=O)O)cc1. The van der Waals surface area contributed by atoms with Crippen LogP contribution in [0.3, 0.4) is 0 Å². The quantitative estimate of drug-likeness (QED) is 0.238. The lowest BCUT2D eigenvalue weighted by Gasteiger charge is -2.37. The molecule has 1 saturated heterocycles. The average Bonchev–Trinajstić information content (AvgIpc) is 3.47. The Morgan fingerprint density at radius 3 is 2.12 bits per heavy atom. The van der Waals surface area contributed by atoms with Crippen LogP contribution in [-0.4, -0.2) is 40.4 Å². The van der Waals surface area contributed by atoms with Crippen LogP contribution < -0.4 is 10.1 Å². The van der Waals surface area contributed by atoms with Gasteiger partial charge in [-0.2, -0.15) is 0 Å². The fourth-order valence-corrected chi connectivity index (χ4v) is 6.12. The number of ether oxygens (including phenoxy) is 1. The lowest BCUT2D eigenvalue weighted by molar-refractivity contribution is -0.148. The number of rotatable bonds is 7. The molecule has 0 saturated carbocycles. The maximum Gasteiger partial charge on any atom is 0.330 e. The zero-order valence-electron chi connectivity index (χ0n) is 23.6. The molecule has 4 aromatic rings. The first-order valence-electron chi connectivity index (χ1n) is 13.5. The van der Waals surface area contributed by atoms with Crippen LogP contribution in [0, 0.1) is 25.6 Å². The molecule has 0 spiro atoms. The number of urea groups is 1. The molecule has 1 fully saturated rings. The van der Waals surface area contributed by atoms with Crippen molar-refractivity contribution in [3.05, 3.63) is 119 Å². The highest BCUT2D eigenvalue weighted by Crippen LogP contribution is 2.57. The number of hydrogen-bond donors (Lipinski definition) is 2. The number of hydrogen-bond acceptors (Lipinski definition) is 5. The second kappa shape index (κ2) is 11.2. The Balaban J connectivity index is 1.78. The minimum absolute atomic E-state index is 0.293. The second-order valence-corrected chi connectivity index (χ2v) is 10.6. The Hall–Kier alpha value is -4.92. The van der Waals surface area contributed by atoms with Gasteiger partial charge in [-0.05, 0) is 74.4 Å². The summed E-state index contributed by atoms with van der Waals surface area (Å²) in [5, 5.41) is 13.7. The molecule has 2 heterocycles. The minimum atomic E-state index is -1.92. The molecule has 2 amide bonds. The topological polar surface area (TPSA) is 109 Å². The summed E-state index contributed by atoms with van der Waals surface area (Å²) in [6.45, 7) is 4.84. The number of anilines is 1.